The highest BCUT2D eigenvalue weighted by atomic mass is 32.1. The second kappa shape index (κ2) is 7.11. The molecule has 0 fully saturated rings. The molecule has 6 heteroatoms. The summed E-state index contributed by atoms with van der Waals surface area (Å²) in [5.74, 6) is 0.722. The standard InChI is InChI=1S/C20H22N2O3S/c1-2-15-14-9-12-26-18(14)7-10-21(15)19(23)8-11-22-16-5-3-4-6-17(16)25-13-20(22)24/h3-6,9,12,15H,2,7-8,10-11,13H2,1H3. The van der Waals surface area contributed by atoms with E-state index in [1.165, 1.54) is 10.4 Å². The normalized spacial score (nSPS) is 19.0. The Labute approximate surface area is 157 Å². The van der Waals surface area contributed by atoms with E-state index in [1.54, 1.807) is 16.2 Å². The van der Waals surface area contributed by atoms with Gasteiger partial charge in [0.2, 0.25) is 5.91 Å². The molecule has 1 aromatic heterocycles. The van der Waals surface area contributed by atoms with Crippen LogP contribution < -0.4 is 9.64 Å². The maximum Gasteiger partial charge on any atom is 0.265 e. The molecule has 1 aromatic carbocycles. The molecule has 0 saturated heterocycles. The number of para-hydroxylation sites is 2. The minimum atomic E-state index is -0.0951. The number of benzene rings is 1. The van der Waals surface area contributed by atoms with E-state index in [4.69, 9.17) is 4.74 Å². The number of rotatable bonds is 4. The lowest BCUT2D eigenvalue weighted by molar-refractivity contribution is -0.134. The van der Waals surface area contributed by atoms with Crippen molar-refractivity contribution < 1.29 is 14.3 Å². The molecule has 4 rings (SSSR count). The number of nitrogens with zero attached hydrogens (tertiary/aromatic N) is 2. The summed E-state index contributed by atoms with van der Waals surface area (Å²) in [7, 11) is 0. The molecule has 0 bridgehead atoms. The first kappa shape index (κ1) is 17.1. The van der Waals surface area contributed by atoms with Gasteiger partial charge in [-0.3, -0.25) is 9.59 Å². The van der Waals surface area contributed by atoms with Crippen LogP contribution >= 0.6 is 11.3 Å². The quantitative estimate of drug-likeness (QED) is 0.829. The molecule has 2 amide bonds. The van der Waals surface area contributed by atoms with Gasteiger partial charge in [-0.15, -0.1) is 11.3 Å². The Bertz CT molecular complexity index is 832. The Balaban J connectivity index is 1.47. The lowest BCUT2D eigenvalue weighted by atomic mass is 9.97. The Kier molecular flexibility index (Phi) is 4.68. The first-order valence-corrected chi connectivity index (χ1v) is 9.95. The van der Waals surface area contributed by atoms with Crippen LogP contribution in [0.1, 0.15) is 36.2 Å². The Morgan fingerprint density at radius 1 is 1.31 bits per heavy atom. The van der Waals surface area contributed by atoms with Crippen molar-refractivity contribution in [3.8, 4) is 5.75 Å². The van der Waals surface area contributed by atoms with Crippen molar-refractivity contribution >= 4 is 28.8 Å². The van der Waals surface area contributed by atoms with Crippen molar-refractivity contribution in [1.82, 2.24) is 4.90 Å². The van der Waals surface area contributed by atoms with Crippen LogP contribution in [0.3, 0.4) is 0 Å². The van der Waals surface area contributed by atoms with Crippen molar-refractivity contribution in [3.05, 3.63) is 46.2 Å². The predicted molar refractivity (Wildman–Crippen MR) is 102 cm³/mol. The second-order valence-electron chi connectivity index (χ2n) is 6.61. The van der Waals surface area contributed by atoms with Crippen LogP contribution in [-0.2, 0) is 16.0 Å². The number of hydrogen-bond acceptors (Lipinski definition) is 4. The van der Waals surface area contributed by atoms with Crippen LogP contribution in [0.25, 0.3) is 0 Å². The van der Waals surface area contributed by atoms with Gasteiger partial charge in [-0.2, -0.15) is 0 Å². The summed E-state index contributed by atoms with van der Waals surface area (Å²) in [6, 6.07) is 9.79. The average molecular weight is 370 g/mol. The summed E-state index contributed by atoms with van der Waals surface area (Å²) in [4.78, 5) is 30.3. The summed E-state index contributed by atoms with van der Waals surface area (Å²) in [5.41, 5.74) is 2.05. The molecule has 1 unspecified atom stereocenters. The smallest absolute Gasteiger partial charge is 0.265 e. The van der Waals surface area contributed by atoms with Crippen LogP contribution in [-0.4, -0.2) is 36.4 Å². The van der Waals surface area contributed by atoms with E-state index in [2.05, 4.69) is 18.4 Å². The fraction of sp³-hybridized carbons (Fsp3) is 0.400. The maximum absolute atomic E-state index is 12.9. The largest absolute Gasteiger partial charge is 0.482 e. The summed E-state index contributed by atoms with van der Waals surface area (Å²) < 4.78 is 5.47. The third kappa shape index (κ3) is 2.98. The zero-order valence-electron chi connectivity index (χ0n) is 14.8. The number of thiophene rings is 1. The summed E-state index contributed by atoms with van der Waals surface area (Å²) in [5, 5.41) is 2.12. The number of anilines is 1. The number of hydrogen-bond donors (Lipinski definition) is 0. The number of fused-ring (bicyclic) bond motifs is 2. The van der Waals surface area contributed by atoms with E-state index in [1.807, 2.05) is 29.2 Å². The van der Waals surface area contributed by atoms with Crippen molar-refractivity contribution in [3.63, 3.8) is 0 Å². The first-order valence-electron chi connectivity index (χ1n) is 9.07. The second-order valence-corrected chi connectivity index (χ2v) is 7.61. The molecule has 0 radical (unpaired) electrons. The van der Waals surface area contributed by atoms with Gasteiger partial charge in [0.05, 0.1) is 11.7 Å². The molecule has 26 heavy (non-hydrogen) atoms. The molecule has 1 atom stereocenters. The van der Waals surface area contributed by atoms with E-state index >= 15 is 0 Å². The lowest BCUT2D eigenvalue weighted by Crippen LogP contribution is -2.43. The molecule has 0 spiro atoms. The Morgan fingerprint density at radius 2 is 2.15 bits per heavy atom. The highest BCUT2D eigenvalue weighted by Crippen LogP contribution is 2.36. The van der Waals surface area contributed by atoms with Crippen molar-refractivity contribution in [2.45, 2.75) is 32.2 Å². The van der Waals surface area contributed by atoms with Crippen LogP contribution in [0.15, 0.2) is 35.7 Å². The van der Waals surface area contributed by atoms with Gasteiger partial charge in [-0.1, -0.05) is 19.1 Å². The minimum Gasteiger partial charge on any atom is -0.482 e. The van der Waals surface area contributed by atoms with E-state index in [0.29, 0.717) is 18.7 Å². The average Bonchev–Trinajstić information content (AvgIpc) is 3.15. The summed E-state index contributed by atoms with van der Waals surface area (Å²) in [6.45, 7) is 3.31. The predicted octanol–water partition coefficient (Wildman–Crippen LogP) is 3.40. The molecule has 5 nitrogen and oxygen atoms in total. The van der Waals surface area contributed by atoms with E-state index in [0.717, 1.165) is 25.1 Å². The zero-order valence-corrected chi connectivity index (χ0v) is 15.6. The van der Waals surface area contributed by atoms with Crippen molar-refractivity contribution in [1.29, 1.82) is 0 Å². The Hall–Kier alpha value is -2.34. The number of amides is 2. The third-order valence-electron chi connectivity index (χ3n) is 5.16. The van der Waals surface area contributed by atoms with Crippen molar-refractivity contribution in [2.24, 2.45) is 0 Å². The number of carbonyl (C=O) groups excluding carboxylic acids is 2. The summed E-state index contributed by atoms with van der Waals surface area (Å²) >= 11 is 1.78. The van der Waals surface area contributed by atoms with E-state index in [-0.39, 0.29) is 24.5 Å². The third-order valence-corrected chi connectivity index (χ3v) is 6.16. The minimum absolute atomic E-state index is 0.0325. The topological polar surface area (TPSA) is 49.9 Å². The van der Waals surface area contributed by atoms with Gasteiger partial charge >= 0.3 is 0 Å². The fourth-order valence-electron chi connectivity index (χ4n) is 3.89. The number of carbonyl (C=O) groups is 2. The fourth-order valence-corrected chi connectivity index (χ4v) is 4.81. The molecule has 0 saturated carbocycles. The SMILES string of the molecule is CCC1c2ccsc2CCN1C(=O)CCN1C(=O)COc2ccccc21. The van der Waals surface area contributed by atoms with Gasteiger partial charge < -0.3 is 14.5 Å². The first-order chi connectivity index (χ1) is 12.7. The van der Waals surface area contributed by atoms with E-state index in [9.17, 15) is 9.59 Å². The molecular weight excluding hydrogens is 348 g/mol. The molecule has 0 N–H and O–H groups in total. The molecule has 2 aromatic rings. The highest BCUT2D eigenvalue weighted by Gasteiger charge is 2.31. The molecule has 2 aliphatic rings. The monoisotopic (exact) mass is 370 g/mol. The molecule has 2 aliphatic heterocycles. The van der Waals surface area contributed by atoms with Crippen molar-refractivity contribution in [2.75, 3.05) is 24.6 Å². The molecule has 0 aliphatic carbocycles. The van der Waals surface area contributed by atoms with Gasteiger partial charge in [0.1, 0.15) is 5.75 Å². The van der Waals surface area contributed by atoms with Gasteiger partial charge in [-0.25, -0.2) is 0 Å². The molecular formula is C20H22N2O3S. The van der Waals surface area contributed by atoms with Gasteiger partial charge in [-0.05, 0) is 42.0 Å². The zero-order chi connectivity index (χ0) is 18.1. The van der Waals surface area contributed by atoms with Gasteiger partial charge in [0, 0.05) is 24.4 Å². The Morgan fingerprint density at radius 3 is 3.00 bits per heavy atom. The van der Waals surface area contributed by atoms with Crippen LogP contribution in [0.2, 0.25) is 0 Å². The molecule has 136 valence electrons. The maximum atomic E-state index is 12.9. The van der Waals surface area contributed by atoms with E-state index < -0.39 is 0 Å². The number of ether oxygens (including phenoxy) is 1. The highest BCUT2D eigenvalue weighted by molar-refractivity contribution is 7.10. The van der Waals surface area contributed by atoms with Gasteiger partial charge in [0.15, 0.2) is 6.61 Å². The molecule has 3 heterocycles. The summed E-state index contributed by atoms with van der Waals surface area (Å²) in [6.07, 6.45) is 2.17. The van der Waals surface area contributed by atoms with Crippen LogP contribution in [0.4, 0.5) is 5.69 Å². The van der Waals surface area contributed by atoms with Crippen LogP contribution in [0.5, 0.6) is 5.75 Å². The lowest BCUT2D eigenvalue weighted by Gasteiger charge is -2.36. The van der Waals surface area contributed by atoms with Crippen LogP contribution in [0, 0.1) is 0 Å². The van der Waals surface area contributed by atoms with Gasteiger partial charge in [0.25, 0.3) is 5.91 Å².